The van der Waals surface area contributed by atoms with Gasteiger partial charge in [0.15, 0.2) is 0 Å². The second-order valence-corrected chi connectivity index (χ2v) is 10.8. The molecule has 0 saturated carbocycles. The number of esters is 2. The molecule has 18 nitrogen and oxygen atoms in total. The minimum Gasteiger partial charge on any atom is -0.466 e. The van der Waals surface area contributed by atoms with Crippen molar-refractivity contribution < 1.29 is 52.9 Å². The normalized spacial score (nSPS) is 10.5. The SMILES string of the molecule is C=O.CC(=O)C([N+](=O)[O-])C(C)(C)C(=O)Nc1ccccc1.CCOC(=O)C(C(=O)Nc1ccccc1)[N+](=O)[O-].CCOC(=O)CC.O=C=Nc1ccccc1. The predicted molar refractivity (Wildman–Crippen MR) is 201 cm³/mol. The van der Waals surface area contributed by atoms with E-state index in [2.05, 4.69) is 25.1 Å². The largest absolute Gasteiger partial charge is 0.466 e. The summed E-state index contributed by atoms with van der Waals surface area (Å²) in [5.74, 6) is -3.52. The van der Waals surface area contributed by atoms with Gasteiger partial charge >= 0.3 is 23.9 Å². The molecule has 3 rings (SSSR count). The van der Waals surface area contributed by atoms with E-state index in [0.29, 0.717) is 30.1 Å². The predicted octanol–water partition coefficient (Wildman–Crippen LogP) is 5.15. The summed E-state index contributed by atoms with van der Waals surface area (Å²) in [5.41, 5.74) is 0.128. The standard InChI is InChI=1S/C13H16N2O4.C11H12N2O5.C7H5NO.C5H10O2.CH2O/c1-9(16)11(15(18)19)13(2,3)12(17)14-10-7-5-4-6-8-10;1-2-18-11(15)9(13(16)17)10(14)12-8-6-4-3-5-7-8;9-6-8-7-4-2-1-3-5-7;1-3-5(6)7-4-2;1-2/h4-8,11H,1-3H3,(H,14,17);3-7,9H,2H2,1H3,(H,12,14);1-5H;3-4H2,1-2H3;1H2. The number of carbonyl (C=O) groups excluding carboxylic acids is 7. The van der Waals surface area contributed by atoms with Crippen molar-refractivity contribution in [3.05, 3.63) is 111 Å². The fourth-order valence-corrected chi connectivity index (χ4v) is 3.92. The molecular formula is C37H45N5O13. The lowest BCUT2D eigenvalue weighted by Gasteiger charge is -2.25. The minimum atomic E-state index is -2.05. The van der Waals surface area contributed by atoms with Crippen LogP contribution in [0.5, 0.6) is 0 Å². The summed E-state index contributed by atoms with van der Waals surface area (Å²) in [6.07, 6.45) is 1.94. The first-order valence-corrected chi connectivity index (χ1v) is 16.3. The van der Waals surface area contributed by atoms with Crippen LogP contribution in [-0.4, -0.2) is 77.5 Å². The summed E-state index contributed by atoms with van der Waals surface area (Å²) in [6, 6.07) is 22.1. The summed E-state index contributed by atoms with van der Waals surface area (Å²) < 4.78 is 9.03. The highest BCUT2D eigenvalue weighted by molar-refractivity contribution is 6.07. The molecule has 55 heavy (non-hydrogen) atoms. The Kier molecular flexibility index (Phi) is 26.1. The van der Waals surface area contributed by atoms with Crippen LogP contribution in [-0.2, 0) is 43.0 Å². The van der Waals surface area contributed by atoms with Crippen LogP contribution in [0.1, 0.15) is 48.0 Å². The average molecular weight is 768 g/mol. The van der Waals surface area contributed by atoms with Gasteiger partial charge in [-0.2, -0.15) is 4.99 Å². The maximum atomic E-state index is 12.1. The van der Waals surface area contributed by atoms with Crippen molar-refractivity contribution in [2.75, 3.05) is 23.8 Å². The molecule has 0 aliphatic heterocycles. The lowest BCUT2D eigenvalue weighted by atomic mass is 9.81. The third-order valence-electron chi connectivity index (χ3n) is 6.43. The molecule has 0 bridgehead atoms. The van der Waals surface area contributed by atoms with Crippen molar-refractivity contribution in [1.82, 2.24) is 0 Å². The lowest BCUT2D eigenvalue weighted by Crippen LogP contribution is -2.48. The first kappa shape index (κ1) is 50.2. The number of nitrogens with zero attached hydrogens (tertiary/aromatic N) is 3. The van der Waals surface area contributed by atoms with Gasteiger partial charge in [-0.25, -0.2) is 9.59 Å². The number of hydrogen-bond donors (Lipinski definition) is 2. The molecule has 296 valence electrons. The van der Waals surface area contributed by atoms with Gasteiger partial charge in [0.25, 0.3) is 6.04 Å². The molecule has 0 aliphatic rings. The van der Waals surface area contributed by atoms with Crippen LogP contribution in [0.2, 0.25) is 0 Å². The number of isocyanates is 1. The third-order valence-corrected chi connectivity index (χ3v) is 6.43. The first-order chi connectivity index (χ1) is 26.1. The van der Waals surface area contributed by atoms with Gasteiger partial charge in [0.2, 0.25) is 17.8 Å². The van der Waals surface area contributed by atoms with Crippen molar-refractivity contribution in [2.45, 2.75) is 60.0 Å². The molecule has 3 aromatic carbocycles. The highest BCUT2D eigenvalue weighted by Crippen LogP contribution is 2.26. The third kappa shape index (κ3) is 20.6. The molecule has 18 heteroatoms. The molecule has 0 radical (unpaired) electrons. The molecule has 0 fully saturated rings. The fraction of sp³-hybridized carbons (Fsp3) is 0.324. The lowest BCUT2D eigenvalue weighted by molar-refractivity contribution is -0.520. The molecule has 2 atom stereocenters. The maximum Gasteiger partial charge on any atom is 0.392 e. The highest BCUT2D eigenvalue weighted by atomic mass is 16.6. The molecule has 0 aliphatic carbocycles. The number of benzene rings is 3. The van der Waals surface area contributed by atoms with E-state index in [1.807, 2.05) is 25.0 Å². The van der Waals surface area contributed by atoms with Crippen LogP contribution in [0.4, 0.5) is 17.1 Å². The van der Waals surface area contributed by atoms with Crippen LogP contribution >= 0.6 is 0 Å². The average Bonchev–Trinajstić information content (AvgIpc) is 3.14. The number of aliphatic imine (C=N–C) groups is 1. The summed E-state index contributed by atoms with van der Waals surface area (Å²) >= 11 is 0. The Morgan fingerprint density at radius 2 is 1.20 bits per heavy atom. The molecule has 3 aromatic rings. The van der Waals surface area contributed by atoms with E-state index >= 15 is 0 Å². The van der Waals surface area contributed by atoms with E-state index in [-0.39, 0.29) is 12.6 Å². The summed E-state index contributed by atoms with van der Waals surface area (Å²) in [5, 5.41) is 26.5. The number of para-hydroxylation sites is 3. The van der Waals surface area contributed by atoms with Gasteiger partial charge in [0.05, 0.1) is 18.9 Å². The smallest absolute Gasteiger partial charge is 0.392 e. The van der Waals surface area contributed by atoms with Gasteiger partial charge in [-0.1, -0.05) is 61.5 Å². The number of rotatable bonds is 13. The van der Waals surface area contributed by atoms with Crippen molar-refractivity contribution >= 4 is 59.5 Å². The van der Waals surface area contributed by atoms with Gasteiger partial charge in [-0.15, -0.1) is 0 Å². The Morgan fingerprint density at radius 3 is 1.55 bits per heavy atom. The maximum absolute atomic E-state index is 12.1. The zero-order valence-corrected chi connectivity index (χ0v) is 31.3. The minimum absolute atomic E-state index is 0.0260. The van der Waals surface area contributed by atoms with E-state index in [1.165, 1.54) is 26.9 Å². The molecule has 0 aromatic heterocycles. The van der Waals surface area contributed by atoms with Gasteiger partial charge in [0, 0.05) is 34.6 Å². The number of nitro groups is 2. The summed E-state index contributed by atoms with van der Waals surface area (Å²) in [6.45, 7) is 11.4. The Labute approximate surface area is 317 Å². The second-order valence-electron chi connectivity index (χ2n) is 10.8. The van der Waals surface area contributed by atoms with Gasteiger partial charge < -0.3 is 24.9 Å². The van der Waals surface area contributed by atoms with Crippen LogP contribution in [0, 0.1) is 25.6 Å². The van der Waals surface area contributed by atoms with E-state index < -0.39 is 50.9 Å². The first-order valence-electron chi connectivity index (χ1n) is 16.3. The number of Topliss-reactive ketones (excluding diaryl/α,β-unsaturated/α-hetero) is 1. The second kappa shape index (κ2) is 28.6. The van der Waals surface area contributed by atoms with E-state index in [1.54, 1.807) is 86.6 Å². The molecule has 2 amide bonds. The van der Waals surface area contributed by atoms with Crippen LogP contribution in [0.25, 0.3) is 0 Å². The zero-order chi connectivity index (χ0) is 42.4. The number of ether oxygens (including phenoxy) is 2. The quantitative estimate of drug-likeness (QED) is 0.0570. The number of ketones is 1. The molecule has 2 unspecified atom stereocenters. The van der Waals surface area contributed by atoms with Crippen LogP contribution in [0.3, 0.4) is 0 Å². The van der Waals surface area contributed by atoms with Crippen molar-refractivity contribution in [2.24, 2.45) is 10.4 Å². The Hall–Kier alpha value is -6.94. The number of anilines is 2. The van der Waals surface area contributed by atoms with E-state index in [4.69, 9.17) is 4.79 Å². The Balaban J connectivity index is 0. The molecular weight excluding hydrogens is 722 g/mol. The zero-order valence-electron chi connectivity index (χ0n) is 31.3. The summed E-state index contributed by atoms with van der Waals surface area (Å²) in [7, 11) is 0. The van der Waals surface area contributed by atoms with Crippen molar-refractivity contribution in [1.29, 1.82) is 0 Å². The monoisotopic (exact) mass is 767 g/mol. The number of carbonyl (C=O) groups is 6. The number of amides is 2. The summed E-state index contributed by atoms with van der Waals surface area (Å²) in [4.78, 5) is 97.6. The topological polar surface area (TPSA) is 261 Å². The van der Waals surface area contributed by atoms with Gasteiger partial charge in [0.1, 0.15) is 12.2 Å². The van der Waals surface area contributed by atoms with Crippen LogP contribution in [0.15, 0.2) is 96.0 Å². The van der Waals surface area contributed by atoms with Gasteiger partial charge in [-0.3, -0.25) is 39.4 Å². The Morgan fingerprint density at radius 1 is 0.764 bits per heavy atom. The van der Waals surface area contributed by atoms with E-state index in [0.717, 1.165) is 6.92 Å². The molecule has 0 heterocycles. The number of hydrogen-bond acceptors (Lipinski definition) is 14. The Bertz CT molecular complexity index is 1690. The van der Waals surface area contributed by atoms with E-state index in [9.17, 15) is 49.0 Å². The number of nitrogens with one attached hydrogen (secondary N) is 2. The van der Waals surface area contributed by atoms with Crippen molar-refractivity contribution in [3.63, 3.8) is 0 Å². The molecule has 0 saturated heterocycles. The van der Waals surface area contributed by atoms with Crippen molar-refractivity contribution in [3.8, 4) is 0 Å². The fourth-order valence-electron chi connectivity index (χ4n) is 3.92. The van der Waals surface area contributed by atoms with Gasteiger partial charge in [-0.05, 0) is 64.1 Å². The van der Waals surface area contributed by atoms with Crippen LogP contribution < -0.4 is 10.6 Å². The highest BCUT2D eigenvalue weighted by Gasteiger charge is 2.48. The molecule has 0 spiro atoms. The molecule has 2 N–H and O–H groups in total.